The number of fused-ring (bicyclic) bond motifs is 1. The van der Waals surface area contributed by atoms with Gasteiger partial charge in [-0.2, -0.15) is 5.10 Å². The molecule has 0 N–H and O–H groups in total. The summed E-state index contributed by atoms with van der Waals surface area (Å²) >= 11 is 0. The van der Waals surface area contributed by atoms with Gasteiger partial charge < -0.3 is 4.74 Å². The maximum absolute atomic E-state index is 12.8. The number of nitrogens with zero attached hydrogens (tertiary/aromatic N) is 5. The third-order valence-corrected chi connectivity index (χ3v) is 4.95. The lowest BCUT2D eigenvalue weighted by Gasteiger charge is -2.30. The van der Waals surface area contributed by atoms with Crippen molar-refractivity contribution in [1.29, 1.82) is 0 Å². The molecule has 30 heavy (non-hydrogen) atoms. The van der Waals surface area contributed by atoms with Crippen LogP contribution < -0.4 is 10.4 Å². The molecule has 1 aliphatic heterocycles. The zero-order chi connectivity index (χ0) is 21.4. The second-order valence-electron chi connectivity index (χ2n) is 7.19. The van der Waals surface area contributed by atoms with E-state index >= 15 is 0 Å². The number of benzene rings is 1. The Labute approximate surface area is 169 Å². The molecule has 1 atom stereocenters. The highest BCUT2D eigenvalue weighted by molar-refractivity contribution is 5.49. The monoisotopic (exact) mass is 417 g/mol. The van der Waals surface area contributed by atoms with Gasteiger partial charge in [0.05, 0.1) is 6.54 Å². The predicted octanol–water partition coefficient (Wildman–Crippen LogP) is 2.96. The first-order chi connectivity index (χ1) is 14.2. The van der Waals surface area contributed by atoms with Crippen LogP contribution in [0, 0.1) is 0 Å². The van der Waals surface area contributed by atoms with Crippen molar-refractivity contribution in [3.05, 3.63) is 76.5 Å². The number of rotatable bonds is 5. The highest BCUT2D eigenvalue weighted by Crippen LogP contribution is 2.33. The van der Waals surface area contributed by atoms with Gasteiger partial charge in [0.15, 0.2) is 5.82 Å². The molecule has 7 nitrogen and oxygen atoms in total. The Hall–Kier alpha value is -3.43. The summed E-state index contributed by atoms with van der Waals surface area (Å²) in [6, 6.07) is 7.39. The number of aryl methyl sites for hydroxylation is 2. The van der Waals surface area contributed by atoms with Gasteiger partial charge in [0, 0.05) is 30.8 Å². The summed E-state index contributed by atoms with van der Waals surface area (Å²) in [5.74, 6) is 0.865. The number of hydrogen-bond acceptors (Lipinski definition) is 5. The van der Waals surface area contributed by atoms with Gasteiger partial charge in [-0.3, -0.25) is 4.57 Å². The van der Waals surface area contributed by atoms with Crippen LogP contribution >= 0.6 is 0 Å². The Morgan fingerprint density at radius 1 is 1.17 bits per heavy atom. The van der Waals surface area contributed by atoms with Crippen LogP contribution in [0.3, 0.4) is 0 Å². The summed E-state index contributed by atoms with van der Waals surface area (Å²) in [6.45, 7) is 2.57. The fraction of sp³-hybridized carbons (Fsp3) is 0.300. The minimum absolute atomic E-state index is 0.256. The van der Waals surface area contributed by atoms with Gasteiger partial charge in [-0.25, -0.2) is 19.4 Å². The SMILES string of the molecule is CC1(c2ccc(OC(F)(F)F)cc2)C=Cc2nn(CCc3ncccn3)c(=O)n2C1. The second kappa shape index (κ2) is 7.43. The van der Waals surface area contributed by atoms with Crippen molar-refractivity contribution in [2.24, 2.45) is 0 Å². The summed E-state index contributed by atoms with van der Waals surface area (Å²) in [5.41, 5.74) is -0.0749. The molecule has 3 aromatic rings. The van der Waals surface area contributed by atoms with E-state index in [-0.39, 0.29) is 11.4 Å². The molecule has 0 radical (unpaired) electrons. The number of allylic oxidation sites excluding steroid dienone is 1. The molecular weight excluding hydrogens is 399 g/mol. The maximum Gasteiger partial charge on any atom is 0.573 e. The Kier molecular flexibility index (Phi) is 4.92. The summed E-state index contributed by atoms with van der Waals surface area (Å²) < 4.78 is 44.0. The van der Waals surface area contributed by atoms with Crippen LogP contribution in [0.25, 0.3) is 6.08 Å². The van der Waals surface area contributed by atoms with Gasteiger partial charge in [0.25, 0.3) is 0 Å². The van der Waals surface area contributed by atoms with Crippen molar-refractivity contribution in [3.8, 4) is 5.75 Å². The van der Waals surface area contributed by atoms with Crippen molar-refractivity contribution in [1.82, 2.24) is 24.3 Å². The van der Waals surface area contributed by atoms with Crippen LogP contribution in [0.15, 0.2) is 53.6 Å². The Morgan fingerprint density at radius 3 is 2.53 bits per heavy atom. The Morgan fingerprint density at radius 2 is 1.87 bits per heavy atom. The second-order valence-corrected chi connectivity index (χ2v) is 7.19. The van der Waals surface area contributed by atoms with Gasteiger partial charge in [-0.15, -0.1) is 13.2 Å². The highest BCUT2D eigenvalue weighted by Gasteiger charge is 2.33. The molecule has 0 spiro atoms. The fourth-order valence-corrected chi connectivity index (χ4v) is 3.40. The number of ether oxygens (including phenoxy) is 1. The average molecular weight is 417 g/mol. The number of alkyl halides is 3. The Bertz CT molecular complexity index is 1120. The third-order valence-electron chi connectivity index (χ3n) is 4.95. The molecule has 1 aliphatic rings. The number of halogens is 3. The lowest BCUT2D eigenvalue weighted by Crippen LogP contribution is -2.35. The lowest BCUT2D eigenvalue weighted by atomic mass is 9.80. The first kappa shape index (κ1) is 19.9. The molecule has 156 valence electrons. The molecule has 0 amide bonds. The van der Waals surface area contributed by atoms with Crippen LogP contribution in [-0.2, 0) is 24.9 Å². The Balaban J connectivity index is 1.53. The van der Waals surface area contributed by atoms with E-state index in [2.05, 4.69) is 19.8 Å². The van der Waals surface area contributed by atoms with Gasteiger partial charge in [-0.05, 0) is 29.8 Å². The van der Waals surface area contributed by atoms with Crippen molar-refractivity contribution in [3.63, 3.8) is 0 Å². The van der Waals surface area contributed by atoms with Gasteiger partial charge in [0.1, 0.15) is 11.6 Å². The predicted molar refractivity (Wildman–Crippen MR) is 102 cm³/mol. The maximum atomic E-state index is 12.8. The lowest BCUT2D eigenvalue weighted by molar-refractivity contribution is -0.274. The van der Waals surface area contributed by atoms with E-state index in [4.69, 9.17) is 0 Å². The first-order valence-corrected chi connectivity index (χ1v) is 9.23. The topological polar surface area (TPSA) is 74.8 Å². The first-order valence-electron chi connectivity index (χ1n) is 9.23. The average Bonchev–Trinajstić information content (AvgIpc) is 3.01. The van der Waals surface area contributed by atoms with E-state index in [1.54, 1.807) is 41.2 Å². The third kappa shape index (κ3) is 4.12. The van der Waals surface area contributed by atoms with Gasteiger partial charge in [-0.1, -0.05) is 25.1 Å². The van der Waals surface area contributed by atoms with Crippen LogP contribution in [0.1, 0.15) is 24.1 Å². The molecule has 10 heteroatoms. The fourth-order valence-electron chi connectivity index (χ4n) is 3.40. The highest BCUT2D eigenvalue weighted by atomic mass is 19.4. The largest absolute Gasteiger partial charge is 0.573 e. The summed E-state index contributed by atoms with van der Waals surface area (Å²) in [6.07, 6.45) is 2.67. The van der Waals surface area contributed by atoms with Crippen molar-refractivity contribution in [2.75, 3.05) is 0 Å². The molecule has 0 saturated carbocycles. The molecule has 0 saturated heterocycles. The summed E-state index contributed by atoms with van der Waals surface area (Å²) in [5, 5.41) is 4.36. The van der Waals surface area contributed by atoms with E-state index in [0.29, 0.717) is 31.2 Å². The number of hydrogen-bond donors (Lipinski definition) is 0. The van der Waals surface area contributed by atoms with Crippen molar-refractivity contribution in [2.45, 2.75) is 38.2 Å². The van der Waals surface area contributed by atoms with Gasteiger partial charge >= 0.3 is 12.1 Å². The molecular formula is C20H18F3N5O2. The quantitative estimate of drug-likeness (QED) is 0.638. The van der Waals surface area contributed by atoms with E-state index in [0.717, 1.165) is 5.56 Å². The zero-order valence-electron chi connectivity index (χ0n) is 16.0. The van der Waals surface area contributed by atoms with Crippen LogP contribution in [0.5, 0.6) is 5.75 Å². The van der Waals surface area contributed by atoms with E-state index in [1.807, 2.05) is 13.0 Å². The number of aromatic nitrogens is 5. The minimum atomic E-state index is -4.74. The van der Waals surface area contributed by atoms with Crippen molar-refractivity contribution < 1.29 is 17.9 Å². The van der Waals surface area contributed by atoms with E-state index in [9.17, 15) is 18.0 Å². The molecule has 1 unspecified atom stereocenters. The molecule has 1 aromatic carbocycles. The normalized spacial score (nSPS) is 18.3. The zero-order valence-corrected chi connectivity index (χ0v) is 16.0. The molecule has 3 heterocycles. The van der Waals surface area contributed by atoms with E-state index < -0.39 is 11.8 Å². The van der Waals surface area contributed by atoms with Crippen LogP contribution in [-0.4, -0.2) is 30.7 Å². The molecule has 2 aromatic heterocycles. The molecule has 4 rings (SSSR count). The molecule has 0 aliphatic carbocycles. The van der Waals surface area contributed by atoms with Crippen molar-refractivity contribution >= 4 is 6.08 Å². The summed E-state index contributed by atoms with van der Waals surface area (Å²) in [4.78, 5) is 21.1. The van der Waals surface area contributed by atoms with Gasteiger partial charge in [0.2, 0.25) is 0 Å². The summed E-state index contributed by atoms with van der Waals surface area (Å²) in [7, 11) is 0. The standard InChI is InChI=1S/C20H18F3N5O2/c1-19(14-3-5-15(6-4-14)30-20(21,22)23)9-7-17-26-28(18(29)27(17)13-19)12-8-16-24-10-2-11-25-16/h2-7,9-11H,8,12-13H2,1H3. The van der Waals surface area contributed by atoms with E-state index in [1.165, 1.54) is 16.8 Å². The van der Waals surface area contributed by atoms with Crippen LogP contribution in [0.4, 0.5) is 13.2 Å². The van der Waals surface area contributed by atoms with Crippen LogP contribution in [0.2, 0.25) is 0 Å². The molecule has 0 fully saturated rings. The molecule has 0 bridgehead atoms. The smallest absolute Gasteiger partial charge is 0.406 e. The minimum Gasteiger partial charge on any atom is -0.406 e.